The SMILES string of the molecule is CN(Cc1ccccc1)c1ccc(NC(=O)c2cccc(F)c2)nc1. The molecule has 1 amide bonds. The first kappa shape index (κ1) is 16.6. The van der Waals surface area contributed by atoms with Crippen LogP contribution in [0, 0.1) is 5.82 Å². The van der Waals surface area contributed by atoms with Crippen molar-refractivity contribution in [1.29, 1.82) is 0 Å². The fourth-order valence-corrected chi connectivity index (χ4v) is 2.45. The van der Waals surface area contributed by atoms with E-state index in [1.807, 2.05) is 31.3 Å². The van der Waals surface area contributed by atoms with E-state index in [1.165, 1.54) is 23.8 Å². The Morgan fingerprint density at radius 2 is 1.88 bits per heavy atom. The van der Waals surface area contributed by atoms with Crippen molar-refractivity contribution in [3.63, 3.8) is 0 Å². The third-order valence-electron chi connectivity index (χ3n) is 3.78. The lowest BCUT2D eigenvalue weighted by Crippen LogP contribution is -2.17. The Kier molecular flexibility index (Phi) is 5.04. The maximum absolute atomic E-state index is 13.2. The van der Waals surface area contributed by atoms with Crippen LogP contribution in [0.4, 0.5) is 15.9 Å². The van der Waals surface area contributed by atoms with Crippen molar-refractivity contribution in [1.82, 2.24) is 4.98 Å². The lowest BCUT2D eigenvalue weighted by atomic mass is 10.2. The van der Waals surface area contributed by atoms with E-state index in [1.54, 1.807) is 18.3 Å². The monoisotopic (exact) mass is 335 g/mol. The minimum Gasteiger partial charge on any atom is -0.369 e. The van der Waals surface area contributed by atoms with Crippen LogP contribution in [0.5, 0.6) is 0 Å². The Balaban J connectivity index is 1.64. The molecule has 1 aromatic heterocycles. The van der Waals surface area contributed by atoms with Crippen molar-refractivity contribution in [2.45, 2.75) is 6.54 Å². The van der Waals surface area contributed by atoms with Crippen LogP contribution >= 0.6 is 0 Å². The highest BCUT2D eigenvalue weighted by Gasteiger charge is 2.08. The van der Waals surface area contributed by atoms with Gasteiger partial charge in [-0.2, -0.15) is 0 Å². The Bertz CT molecular complexity index is 850. The minimum absolute atomic E-state index is 0.257. The van der Waals surface area contributed by atoms with Crippen molar-refractivity contribution >= 4 is 17.4 Å². The van der Waals surface area contributed by atoms with Crippen molar-refractivity contribution < 1.29 is 9.18 Å². The summed E-state index contributed by atoms with van der Waals surface area (Å²) in [7, 11) is 1.98. The quantitative estimate of drug-likeness (QED) is 0.763. The normalized spacial score (nSPS) is 10.3. The number of nitrogens with zero attached hydrogens (tertiary/aromatic N) is 2. The van der Waals surface area contributed by atoms with Gasteiger partial charge in [0.2, 0.25) is 0 Å². The van der Waals surface area contributed by atoms with Gasteiger partial charge in [-0.1, -0.05) is 36.4 Å². The van der Waals surface area contributed by atoms with E-state index in [4.69, 9.17) is 0 Å². The number of carbonyl (C=O) groups excluding carboxylic acids is 1. The first-order chi connectivity index (χ1) is 12.1. The van der Waals surface area contributed by atoms with E-state index >= 15 is 0 Å². The first-order valence-electron chi connectivity index (χ1n) is 7.90. The van der Waals surface area contributed by atoms with Crippen molar-refractivity contribution in [2.24, 2.45) is 0 Å². The molecule has 0 unspecified atom stereocenters. The third-order valence-corrected chi connectivity index (χ3v) is 3.78. The number of halogens is 1. The van der Waals surface area contributed by atoms with Gasteiger partial charge in [0, 0.05) is 19.2 Å². The van der Waals surface area contributed by atoms with Crippen molar-refractivity contribution in [3.05, 3.63) is 89.9 Å². The third kappa shape index (κ3) is 4.41. The molecule has 5 heteroatoms. The summed E-state index contributed by atoms with van der Waals surface area (Å²) < 4.78 is 13.2. The zero-order valence-electron chi connectivity index (χ0n) is 13.8. The Hall–Kier alpha value is -3.21. The molecule has 4 nitrogen and oxygen atoms in total. The predicted octanol–water partition coefficient (Wildman–Crippen LogP) is 4.11. The van der Waals surface area contributed by atoms with Gasteiger partial charge < -0.3 is 10.2 Å². The van der Waals surface area contributed by atoms with Gasteiger partial charge in [0.05, 0.1) is 11.9 Å². The number of pyridine rings is 1. The summed E-state index contributed by atoms with van der Waals surface area (Å²) >= 11 is 0. The second-order valence-corrected chi connectivity index (χ2v) is 5.71. The largest absolute Gasteiger partial charge is 0.369 e. The molecule has 1 N–H and O–H groups in total. The lowest BCUT2D eigenvalue weighted by molar-refractivity contribution is 0.102. The lowest BCUT2D eigenvalue weighted by Gasteiger charge is -2.19. The molecule has 0 atom stereocenters. The molecule has 0 spiro atoms. The molecule has 0 saturated carbocycles. The van der Waals surface area contributed by atoms with E-state index < -0.39 is 11.7 Å². The molecular weight excluding hydrogens is 317 g/mol. The molecule has 0 aliphatic rings. The van der Waals surface area contributed by atoms with Crippen LogP contribution in [0.25, 0.3) is 0 Å². The molecule has 3 rings (SSSR count). The smallest absolute Gasteiger partial charge is 0.256 e. The van der Waals surface area contributed by atoms with Gasteiger partial charge in [-0.3, -0.25) is 4.79 Å². The van der Waals surface area contributed by atoms with Crippen LogP contribution in [0.1, 0.15) is 15.9 Å². The number of hydrogen-bond donors (Lipinski definition) is 1. The van der Waals surface area contributed by atoms with Crippen LogP contribution < -0.4 is 10.2 Å². The number of benzene rings is 2. The van der Waals surface area contributed by atoms with E-state index in [9.17, 15) is 9.18 Å². The number of amides is 1. The zero-order chi connectivity index (χ0) is 17.6. The fourth-order valence-electron chi connectivity index (χ4n) is 2.45. The van der Waals surface area contributed by atoms with E-state index in [-0.39, 0.29) is 5.56 Å². The zero-order valence-corrected chi connectivity index (χ0v) is 13.8. The van der Waals surface area contributed by atoms with Crippen molar-refractivity contribution in [3.8, 4) is 0 Å². The van der Waals surface area contributed by atoms with Crippen molar-refractivity contribution in [2.75, 3.05) is 17.3 Å². The predicted molar refractivity (Wildman–Crippen MR) is 97.1 cm³/mol. The average Bonchev–Trinajstić information content (AvgIpc) is 2.63. The Labute approximate surface area is 145 Å². The number of rotatable bonds is 5. The van der Waals surface area contributed by atoms with Crippen LogP contribution in [-0.4, -0.2) is 17.9 Å². The van der Waals surface area contributed by atoms with Crippen LogP contribution in [0.3, 0.4) is 0 Å². The second kappa shape index (κ2) is 7.57. The summed E-state index contributed by atoms with van der Waals surface area (Å²) in [5, 5.41) is 2.67. The molecule has 126 valence electrons. The maximum Gasteiger partial charge on any atom is 0.256 e. The summed E-state index contributed by atoms with van der Waals surface area (Å²) in [5.41, 5.74) is 2.40. The van der Waals surface area contributed by atoms with Gasteiger partial charge in [-0.25, -0.2) is 9.37 Å². The van der Waals surface area contributed by atoms with Gasteiger partial charge in [-0.15, -0.1) is 0 Å². The first-order valence-corrected chi connectivity index (χ1v) is 7.90. The molecule has 0 aliphatic carbocycles. The van der Waals surface area contributed by atoms with E-state index in [0.29, 0.717) is 5.82 Å². The number of aromatic nitrogens is 1. The van der Waals surface area contributed by atoms with Gasteiger partial charge in [0.1, 0.15) is 11.6 Å². The topological polar surface area (TPSA) is 45.2 Å². The summed E-state index contributed by atoms with van der Waals surface area (Å²) in [6.07, 6.45) is 1.70. The molecule has 0 saturated heterocycles. The molecule has 0 fully saturated rings. The Morgan fingerprint density at radius 3 is 2.56 bits per heavy atom. The molecule has 0 bridgehead atoms. The number of anilines is 2. The molecule has 0 radical (unpaired) electrons. The molecule has 1 heterocycles. The summed E-state index contributed by atoms with van der Waals surface area (Å²) in [6.45, 7) is 0.761. The molecule has 3 aromatic rings. The summed E-state index contributed by atoms with van der Waals surface area (Å²) in [5.74, 6) is -0.415. The number of carbonyl (C=O) groups is 1. The number of nitrogens with one attached hydrogen (secondary N) is 1. The highest BCUT2D eigenvalue weighted by Crippen LogP contribution is 2.17. The highest BCUT2D eigenvalue weighted by molar-refractivity contribution is 6.03. The minimum atomic E-state index is -0.446. The van der Waals surface area contributed by atoms with Crippen LogP contribution in [-0.2, 0) is 6.54 Å². The standard InChI is InChI=1S/C20H18FN3O/c1-24(14-15-6-3-2-4-7-15)18-10-11-19(22-13-18)23-20(25)16-8-5-9-17(21)12-16/h2-13H,14H2,1H3,(H,22,23,25). The number of hydrogen-bond acceptors (Lipinski definition) is 3. The van der Waals surface area contributed by atoms with E-state index in [2.05, 4.69) is 27.3 Å². The molecule has 0 aliphatic heterocycles. The summed E-state index contributed by atoms with van der Waals surface area (Å²) in [4.78, 5) is 18.4. The molecular formula is C20H18FN3O. The molecule has 25 heavy (non-hydrogen) atoms. The van der Waals surface area contributed by atoms with Gasteiger partial charge in [-0.05, 0) is 35.9 Å². The van der Waals surface area contributed by atoms with Gasteiger partial charge in [0.15, 0.2) is 0 Å². The van der Waals surface area contributed by atoms with Crippen LogP contribution in [0.15, 0.2) is 72.9 Å². The fraction of sp³-hybridized carbons (Fsp3) is 0.100. The highest BCUT2D eigenvalue weighted by atomic mass is 19.1. The maximum atomic E-state index is 13.2. The average molecular weight is 335 g/mol. The second-order valence-electron chi connectivity index (χ2n) is 5.71. The summed E-state index contributed by atoms with van der Waals surface area (Å²) in [6, 6.07) is 19.3. The van der Waals surface area contributed by atoms with Crippen LogP contribution in [0.2, 0.25) is 0 Å². The molecule has 2 aromatic carbocycles. The Morgan fingerprint density at radius 1 is 1.08 bits per heavy atom. The van der Waals surface area contributed by atoms with E-state index in [0.717, 1.165) is 12.2 Å². The van der Waals surface area contributed by atoms with Gasteiger partial charge in [0.25, 0.3) is 5.91 Å². The van der Waals surface area contributed by atoms with Gasteiger partial charge >= 0.3 is 0 Å².